The fraction of sp³-hybridized carbons (Fsp3) is 0.200. The lowest BCUT2D eigenvalue weighted by molar-refractivity contribution is 0.236. The number of nitrogens with zero attached hydrogens (tertiary/aromatic N) is 2. The van der Waals surface area contributed by atoms with Crippen LogP contribution in [-0.4, -0.2) is 21.3 Å². The first kappa shape index (κ1) is 12.5. The Bertz CT molecular complexity index is 707. The largest absolute Gasteiger partial charge is 0.474 e. The second kappa shape index (κ2) is 5.21. The number of nitrogens with one attached hydrogen (secondary N) is 2. The maximum absolute atomic E-state index is 5.81. The molecule has 0 aliphatic carbocycles. The summed E-state index contributed by atoms with van der Waals surface area (Å²) in [4.78, 5) is 4.53. The molecule has 0 bridgehead atoms. The zero-order valence-electron chi connectivity index (χ0n) is 11.4. The Hall–Kier alpha value is -2.56. The number of pyridine rings is 1. The lowest BCUT2D eigenvalue weighted by Gasteiger charge is -2.13. The third-order valence-electron chi connectivity index (χ3n) is 2.82. The number of benzene rings is 1. The summed E-state index contributed by atoms with van der Waals surface area (Å²) in [5.74, 6) is 2.16. The van der Waals surface area contributed by atoms with Crippen LogP contribution in [0.5, 0.6) is 5.88 Å². The van der Waals surface area contributed by atoms with Crippen molar-refractivity contribution in [1.29, 1.82) is 0 Å². The number of anilines is 2. The molecule has 5 heteroatoms. The molecule has 102 valence electrons. The summed E-state index contributed by atoms with van der Waals surface area (Å²) in [6, 6.07) is 11.9. The van der Waals surface area contributed by atoms with E-state index in [0.29, 0.717) is 5.88 Å². The SMILES string of the molecule is CC(C)Oc1nc(Nc2ccn[nH]2)cc2ccccc12. The molecule has 3 rings (SSSR count). The van der Waals surface area contributed by atoms with Crippen molar-refractivity contribution in [3.63, 3.8) is 0 Å². The van der Waals surface area contributed by atoms with E-state index in [0.717, 1.165) is 22.4 Å². The Kier molecular flexibility index (Phi) is 3.25. The van der Waals surface area contributed by atoms with Crippen LogP contribution < -0.4 is 10.1 Å². The number of aromatic amines is 1. The average molecular weight is 268 g/mol. The van der Waals surface area contributed by atoms with Crippen molar-refractivity contribution in [2.24, 2.45) is 0 Å². The maximum Gasteiger partial charge on any atom is 0.223 e. The Labute approximate surface area is 117 Å². The monoisotopic (exact) mass is 268 g/mol. The number of hydrogen-bond acceptors (Lipinski definition) is 4. The summed E-state index contributed by atoms with van der Waals surface area (Å²) in [5.41, 5.74) is 0. The molecule has 5 nitrogen and oxygen atoms in total. The second-order valence-electron chi connectivity index (χ2n) is 4.80. The molecule has 2 N–H and O–H groups in total. The average Bonchev–Trinajstić information content (AvgIpc) is 2.91. The summed E-state index contributed by atoms with van der Waals surface area (Å²) < 4.78 is 5.81. The third-order valence-corrected chi connectivity index (χ3v) is 2.82. The van der Waals surface area contributed by atoms with Crippen molar-refractivity contribution < 1.29 is 4.74 Å². The fourth-order valence-corrected chi connectivity index (χ4v) is 2.01. The highest BCUT2D eigenvalue weighted by atomic mass is 16.5. The minimum absolute atomic E-state index is 0.0771. The molecule has 0 aliphatic rings. The first-order chi connectivity index (χ1) is 9.72. The first-order valence-electron chi connectivity index (χ1n) is 6.55. The Morgan fingerprint density at radius 3 is 2.80 bits per heavy atom. The highest BCUT2D eigenvalue weighted by molar-refractivity contribution is 5.89. The molecule has 2 aromatic heterocycles. The van der Waals surface area contributed by atoms with Crippen LogP contribution in [0.2, 0.25) is 0 Å². The summed E-state index contributed by atoms with van der Waals surface area (Å²) >= 11 is 0. The molecule has 0 radical (unpaired) electrons. The molecular weight excluding hydrogens is 252 g/mol. The van der Waals surface area contributed by atoms with Crippen LogP contribution in [0.25, 0.3) is 10.8 Å². The van der Waals surface area contributed by atoms with Crippen molar-refractivity contribution in [2.75, 3.05) is 5.32 Å². The van der Waals surface area contributed by atoms with E-state index in [-0.39, 0.29) is 6.10 Å². The highest BCUT2D eigenvalue weighted by Crippen LogP contribution is 2.28. The van der Waals surface area contributed by atoms with Gasteiger partial charge in [-0.05, 0) is 31.4 Å². The van der Waals surface area contributed by atoms with Crippen LogP contribution in [0.4, 0.5) is 11.6 Å². The molecule has 20 heavy (non-hydrogen) atoms. The summed E-state index contributed by atoms with van der Waals surface area (Å²) in [6.45, 7) is 3.98. The number of hydrogen-bond donors (Lipinski definition) is 2. The molecule has 2 heterocycles. The molecule has 0 saturated heterocycles. The van der Waals surface area contributed by atoms with Crippen molar-refractivity contribution >= 4 is 22.4 Å². The molecular formula is C15H16N4O. The van der Waals surface area contributed by atoms with E-state index in [9.17, 15) is 0 Å². The van der Waals surface area contributed by atoms with E-state index in [4.69, 9.17) is 4.74 Å². The van der Waals surface area contributed by atoms with Crippen LogP contribution in [-0.2, 0) is 0 Å². The van der Waals surface area contributed by atoms with Crippen LogP contribution in [0, 0.1) is 0 Å². The third kappa shape index (κ3) is 2.56. The second-order valence-corrected chi connectivity index (χ2v) is 4.80. The molecule has 0 amide bonds. The fourth-order valence-electron chi connectivity index (χ4n) is 2.01. The molecule has 0 unspecified atom stereocenters. The minimum atomic E-state index is 0.0771. The van der Waals surface area contributed by atoms with Gasteiger partial charge in [-0.15, -0.1) is 0 Å². The number of aromatic nitrogens is 3. The predicted octanol–water partition coefficient (Wildman–Crippen LogP) is 3.49. The number of ether oxygens (including phenoxy) is 1. The number of H-pyrrole nitrogens is 1. The topological polar surface area (TPSA) is 62.8 Å². The molecule has 0 aliphatic heterocycles. The lowest BCUT2D eigenvalue weighted by Crippen LogP contribution is -2.08. The van der Waals surface area contributed by atoms with E-state index in [1.165, 1.54) is 0 Å². The summed E-state index contributed by atoms with van der Waals surface area (Å²) in [7, 11) is 0. The van der Waals surface area contributed by atoms with Gasteiger partial charge in [0.25, 0.3) is 0 Å². The Morgan fingerprint density at radius 2 is 2.05 bits per heavy atom. The van der Waals surface area contributed by atoms with Gasteiger partial charge in [0, 0.05) is 11.5 Å². The van der Waals surface area contributed by atoms with Crippen LogP contribution in [0.1, 0.15) is 13.8 Å². The number of rotatable bonds is 4. The Morgan fingerprint density at radius 1 is 1.20 bits per heavy atom. The molecule has 1 aromatic carbocycles. The van der Waals surface area contributed by atoms with Gasteiger partial charge in [-0.1, -0.05) is 18.2 Å². The molecule has 0 atom stereocenters. The molecule has 3 aromatic rings. The van der Waals surface area contributed by atoms with Gasteiger partial charge in [0.15, 0.2) is 0 Å². The zero-order chi connectivity index (χ0) is 13.9. The van der Waals surface area contributed by atoms with E-state index in [1.807, 2.05) is 50.2 Å². The van der Waals surface area contributed by atoms with Gasteiger partial charge in [0.05, 0.1) is 12.3 Å². The maximum atomic E-state index is 5.81. The van der Waals surface area contributed by atoms with Crippen LogP contribution in [0.3, 0.4) is 0 Å². The molecule has 0 spiro atoms. The van der Waals surface area contributed by atoms with Crippen molar-refractivity contribution in [1.82, 2.24) is 15.2 Å². The van der Waals surface area contributed by atoms with Crippen LogP contribution >= 0.6 is 0 Å². The lowest BCUT2D eigenvalue weighted by atomic mass is 10.1. The minimum Gasteiger partial charge on any atom is -0.474 e. The van der Waals surface area contributed by atoms with E-state index in [2.05, 4.69) is 20.5 Å². The quantitative estimate of drug-likeness (QED) is 0.760. The normalized spacial score (nSPS) is 10.9. The summed E-state index contributed by atoms with van der Waals surface area (Å²) in [6.07, 6.45) is 1.77. The molecule has 0 saturated carbocycles. The zero-order valence-corrected chi connectivity index (χ0v) is 11.4. The van der Waals surface area contributed by atoms with Gasteiger partial charge in [-0.2, -0.15) is 10.1 Å². The van der Waals surface area contributed by atoms with Crippen molar-refractivity contribution in [3.8, 4) is 5.88 Å². The van der Waals surface area contributed by atoms with Gasteiger partial charge in [0.2, 0.25) is 5.88 Å². The standard InChI is InChI=1S/C15H16N4O/c1-10(2)20-15-12-6-4-3-5-11(12)9-14(18-15)17-13-7-8-16-19-13/h3-10H,1-2H3,(H2,16,17,18,19). The van der Waals surface area contributed by atoms with Gasteiger partial charge >= 0.3 is 0 Å². The van der Waals surface area contributed by atoms with E-state index in [1.54, 1.807) is 6.20 Å². The predicted molar refractivity (Wildman–Crippen MR) is 79.4 cm³/mol. The van der Waals surface area contributed by atoms with Gasteiger partial charge in [-0.25, -0.2) is 0 Å². The van der Waals surface area contributed by atoms with E-state index < -0.39 is 0 Å². The smallest absolute Gasteiger partial charge is 0.223 e. The highest BCUT2D eigenvalue weighted by Gasteiger charge is 2.09. The van der Waals surface area contributed by atoms with Crippen LogP contribution in [0.15, 0.2) is 42.6 Å². The first-order valence-corrected chi connectivity index (χ1v) is 6.55. The van der Waals surface area contributed by atoms with Crippen molar-refractivity contribution in [3.05, 3.63) is 42.6 Å². The van der Waals surface area contributed by atoms with Gasteiger partial charge in [-0.3, -0.25) is 5.10 Å². The number of fused-ring (bicyclic) bond motifs is 1. The van der Waals surface area contributed by atoms with Crippen molar-refractivity contribution in [2.45, 2.75) is 20.0 Å². The Balaban J connectivity index is 2.04. The van der Waals surface area contributed by atoms with Gasteiger partial charge in [0.1, 0.15) is 11.6 Å². The van der Waals surface area contributed by atoms with E-state index >= 15 is 0 Å². The molecule has 0 fully saturated rings. The summed E-state index contributed by atoms with van der Waals surface area (Å²) in [5, 5.41) is 12.0. The van der Waals surface area contributed by atoms with Gasteiger partial charge < -0.3 is 10.1 Å².